The molecule has 1 aliphatic heterocycles. The molecule has 5 heteroatoms. The Labute approximate surface area is 120 Å². The number of carbonyl (C=O) groups excluding carboxylic acids is 1. The molecule has 1 unspecified atom stereocenters. The lowest BCUT2D eigenvalue weighted by Crippen LogP contribution is -2.34. The number of amides is 1. The number of hydrogen-bond donors (Lipinski definition) is 2. The van der Waals surface area contributed by atoms with Gasteiger partial charge >= 0.3 is 0 Å². The van der Waals surface area contributed by atoms with Crippen LogP contribution in [0.2, 0.25) is 0 Å². The minimum atomic E-state index is 0.157. The maximum Gasteiger partial charge on any atom is 0.220 e. The van der Waals surface area contributed by atoms with Crippen LogP contribution in [0.1, 0.15) is 31.4 Å². The number of piperidine rings is 1. The van der Waals surface area contributed by atoms with Gasteiger partial charge in [0.1, 0.15) is 12.4 Å². The van der Waals surface area contributed by atoms with Gasteiger partial charge in [-0.2, -0.15) is 0 Å². The standard InChI is InChI=1S/C15H24N2O3/c18-15(10-13-4-1-6-16-11-13)17-7-3-8-19-12-14-5-2-9-20-14/h2,5,9,13,16H,1,3-4,6-8,10-12H2,(H,17,18). The first-order valence-corrected chi connectivity index (χ1v) is 7.42. The van der Waals surface area contributed by atoms with Crippen LogP contribution in [-0.2, 0) is 16.1 Å². The Morgan fingerprint density at radius 3 is 3.25 bits per heavy atom. The third kappa shape index (κ3) is 5.75. The largest absolute Gasteiger partial charge is 0.467 e. The summed E-state index contributed by atoms with van der Waals surface area (Å²) in [4.78, 5) is 11.7. The molecule has 20 heavy (non-hydrogen) atoms. The van der Waals surface area contributed by atoms with Crippen molar-refractivity contribution in [2.45, 2.75) is 32.3 Å². The quantitative estimate of drug-likeness (QED) is 0.711. The molecule has 0 saturated carbocycles. The minimum absolute atomic E-state index is 0.157. The fourth-order valence-corrected chi connectivity index (χ4v) is 2.40. The molecule has 1 saturated heterocycles. The zero-order valence-corrected chi connectivity index (χ0v) is 11.9. The van der Waals surface area contributed by atoms with E-state index in [-0.39, 0.29) is 5.91 Å². The van der Waals surface area contributed by atoms with Gasteiger partial charge in [0.25, 0.3) is 0 Å². The predicted molar refractivity (Wildman–Crippen MR) is 76.2 cm³/mol. The summed E-state index contributed by atoms with van der Waals surface area (Å²) in [5, 5.41) is 6.28. The highest BCUT2D eigenvalue weighted by atomic mass is 16.5. The number of furan rings is 1. The van der Waals surface area contributed by atoms with E-state index in [1.807, 2.05) is 12.1 Å². The molecular formula is C15H24N2O3. The molecule has 1 amide bonds. The van der Waals surface area contributed by atoms with E-state index in [1.54, 1.807) is 6.26 Å². The van der Waals surface area contributed by atoms with Crippen LogP contribution >= 0.6 is 0 Å². The number of nitrogens with one attached hydrogen (secondary N) is 2. The Hall–Kier alpha value is -1.33. The monoisotopic (exact) mass is 280 g/mol. The Morgan fingerprint density at radius 2 is 2.50 bits per heavy atom. The maximum atomic E-state index is 11.7. The second-order valence-electron chi connectivity index (χ2n) is 5.25. The summed E-state index contributed by atoms with van der Waals surface area (Å²) in [5.41, 5.74) is 0. The molecule has 1 aliphatic rings. The van der Waals surface area contributed by atoms with Crippen molar-refractivity contribution in [3.63, 3.8) is 0 Å². The van der Waals surface area contributed by atoms with Crippen LogP contribution in [0.3, 0.4) is 0 Å². The number of hydrogen-bond acceptors (Lipinski definition) is 4. The van der Waals surface area contributed by atoms with E-state index in [0.717, 1.165) is 31.7 Å². The first kappa shape index (κ1) is 15.1. The molecule has 0 aromatic carbocycles. The Bertz CT molecular complexity index is 372. The van der Waals surface area contributed by atoms with Crippen LogP contribution in [0, 0.1) is 5.92 Å². The first-order valence-electron chi connectivity index (χ1n) is 7.42. The molecule has 1 fully saturated rings. The van der Waals surface area contributed by atoms with Gasteiger partial charge in [-0.25, -0.2) is 0 Å². The van der Waals surface area contributed by atoms with Gasteiger partial charge in [-0.1, -0.05) is 0 Å². The highest BCUT2D eigenvalue weighted by molar-refractivity contribution is 5.76. The second-order valence-corrected chi connectivity index (χ2v) is 5.25. The second kappa shape index (κ2) is 8.76. The Morgan fingerprint density at radius 1 is 1.55 bits per heavy atom. The molecule has 0 radical (unpaired) electrons. The fourth-order valence-electron chi connectivity index (χ4n) is 2.40. The molecule has 0 aliphatic carbocycles. The lowest BCUT2D eigenvalue weighted by molar-refractivity contribution is -0.122. The summed E-state index contributed by atoms with van der Waals surface area (Å²) < 4.78 is 10.6. The highest BCUT2D eigenvalue weighted by Gasteiger charge is 2.16. The van der Waals surface area contributed by atoms with Gasteiger partial charge in [0, 0.05) is 19.6 Å². The zero-order valence-electron chi connectivity index (χ0n) is 11.9. The molecule has 1 aromatic heterocycles. The van der Waals surface area contributed by atoms with Crippen LogP contribution in [-0.4, -0.2) is 32.1 Å². The number of carbonyl (C=O) groups is 1. The van der Waals surface area contributed by atoms with Crippen molar-refractivity contribution >= 4 is 5.91 Å². The van der Waals surface area contributed by atoms with Crippen molar-refractivity contribution in [2.24, 2.45) is 5.92 Å². The van der Waals surface area contributed by atoms with E-state index in [1.165, 1.54) is 6.42 Å². The van der Waals surface area contributed by atoms with E-state index in [4.69, 9.17) is 9.15 Å². The molecule has 2 heterocycles. The summed E-state index contributed by atoms with van der Waals surface area (Å²) in [6, 6.07) is 3.74. The maximum absolute atomic E-state index is 11.7. The average Bonchev–Trinajstić information content (AvgIpc) is 2.97. The minimum Gasteiger partial charge on any atom is -0.467 e. The van der Waals surface area contributed by atoms with Gasteiger partial charge in [0.2, 0.25) is 5.91 Å². The number of ether oxygens (including phenoxy) is 1. The molecule has 1 aromatic rings. The molecule has 1 atom stereocenters. The van der Waals surface area contributed by atoms with Crippen molar-refractivity contribution in [1.29, 1.82) is 0 Å². The third-order valence-corrected chi connectivity index (χ3v) is 3.49. The van der Waals surface area contributed by atoms with Crippen LogP contribution in [0.15, 0.2) is 22.8 Å². The number of rotatable bonds is 8. The molecule has 0 bridgehead atoms. The predicted octanol–water partition coefficient (Wildman–Crippen LogP) is 1.69. The van der Waals surface area contributed by atoms with Crippen molar-refractivity contribution in [3.8, 4) is 0 Å². The van der Waals surface area contributed by atoms with E-state index in [9.17, 15) is 4.79 Å². The topological polar surface area (TPSA) is 63.5 Å². The summed E-state index contributed by atoms with van der Waals surface area (Å²) >= 11 is 0. The molecule has 2 N–H and O–H groups in total. The lowest BCUT2D eigenvalue weighted by Gasteiger charge is -2.22. The zero-order chi connectivity index (χ0) is 14.0. The van der Waals surface area contributed by atoms with E-state index in [2.05, 4.69) is 10.6 Å². The molecule has 2 rings (SSSR count). The first-order chi connectivity index (χ1) is 9.84. The summed E-state index contributed by atoms with van der Waals surface area (Å²) in [5.74, 6) is 1.49. The van der Waals surface area contributed by atoms with Gasteiger partial charge in [0.15, 0.2) is 0 Å². The highest BCUT2D eigenvalue weighted by Crippen LogP contribution is 2.13. The van der Waals surface area contributed by atoms with Crippen molar-refractivity contribution in [1.82, 2.24) is 10.6 Å². The van der Waals surface area contributed by atoms with Crippen molar-refractivity contribution < 1.29 is 13.9 Å². The smallest absolute Gasteiger partial charge is 0.220 e. The van der Waals surface area contributed by atoms with Crippen LogP contribution in [0.25, 0.3) is 0 Å². The molecule has 5 nitrogen and oxygen atoms in total. The molecule has 0 spiro atoms. The van der Waals surface area contributed by atoms with E-state index in [0.29, 0.717) is 32.1 Å². The average molecular weight is 280 g/mol. The lowest BCUT2D eigenvalue weighted by atomic mass is 9.96. The van der Waals surface area contributed by atoms with Gasteiger partial charge in [-0.15, -0.1) is 0 Å². The van der Waals surface area contributed by atoms with Gasteiger partial charge in [-0.05, 0) is 50.4 Å². The van der Waals surface area contributed by atoms with E-state index >= 15 is 0 Å². The summed E-state index contributed by atoms with van der Waals surface area (Å²) in [7, 11) is 0. The molecular weight excluding hydrogens is 256 g/mol. The third-order valence-electron chi connectivity index (χ3n) is 3.49. The molecule has 112 valence electrons. The summed E-state index contributed by atoms with van der Waals surface area (Å²) in [6.07, 6.45) is 5.44. The van der Waals surface area contributed by atoms with Crippen molar-refractivity contribution in [2.75, 3.05) is 26.2 Å². The SMILES string of the molecule is O=C(CC1CCCNC1)NCCCOCc1ccco1. The Kier molecular flexibility index (Phi) is 6.60. The Balaban J connectivity index is 1.45. The van der Waals surface area contributed by atoms with Gasteiger partial charge in [-0.3, -0.25) is 4.79 Å². The summed E-state index contributed by atoms with van der Waals surface area (Å²) in [6.45, 7) is 3.86. The van der Waals surface area contributed by atoms with Crippen molar-refractivity contribution in [3.05, 3.63) is 24.2 Å². The van der Waals surface area contributed by atoms with Gasteiger partial charge in [0.05, 0.1) is 6.26 Å². The van der Waals surface area contributed by atoms with Gasteiger partial charge < -0.3 is 19.8 Å². The van der Waals surface area contributed by atoms with E-state index < -0.39 is 0 Å². The van der Waals surface area contributed by atoms with Crippen LogP contribution in [0.4, 0.5) is 0 Å². The normalized spacial score (nSPS) is 18.9. The van der Waals surface area contributed by atoms with Crippen LogP contribution < -0.4 is 10.6 Å². The van der Waals surface area contributed by atoms with Crippen LogP contribution in [0.5, 0.6) is 0 Å². The fraction of sp³-hybridized carbons (Fsp3) is 0.667.